The number of hydrogen-bond acceptors (Lipinski definition) is 2. The number of rotatable bonds is 0. The minimum Gasteiger partial charge on any atom is -0.250 e. The number of aromatic nitrogens is 3. The predicted octanol–water partition coefficient (Wildman–Crippen LogP) is 1.59. The van der Waals surface area contributed by atoms with Gasteiger partial charge >= 0.3 is 0 Å². The minimum atomic E-state index is 0.957. The second-order valence-electron chi connectivity index (χ2n) is 3.07. The summed E-state index contributed by atoms with van der Waals surface area (Å²) in [5.41, 5.74) is 3.45. The second kappa shape index (κ2) is 2.30. The molecule has 0 saturated carbocycles. The minimum absolute atomic E-state index is 0.957. The lowest BCUT2D eigenvalue weighted by molar-refractivity contribution is 0.786. The van der Waals surface area contributed by atoms with Crippen LogP contribution in [0.5, 0.6) is 0 Å². The van der Waals surface area contributed by atoms with Crippen molar-refractivity contribution in [2.75, 3.05) is 0 Å². The molecule has 0 spiro atoms. The maximum absolute atomic E-state index is 4.30. The number of fused-ring (bicyclic) bond motifs is 1. The van der Waals surface area contributed by atoms with Crippen LogP contribution in [0.25, 0.3) is 11.0 Å². The van der Waals surface area contributed by atoms with Gasteiger partial charge in [0.05, 0.1) is 6.20 Å². The normalized spacial score (nSPS) is 10.9. The number of hydrogen-bond donors (Lipinski definition) is 0. The van der Waals surface area contributed by atoms with Gasteiger partial charge in [-0.15, -0.1) is 0 Å². The second-order valence-corrected chi connectivity index (χ2v) is 3.07. The van der Waals surface area contributed by atoms with Gasteiger partial charge in [0.25, 0.3) is 0 Å². The highest BCUT2D eigenvalue weighted by Crippen LogP contribution is 2.17. The maximum Gasteiger partial charge on any atom is 0.157 e. The van der Waals surface area contributed by atoms with E-state index in [2.05, 4.69) is 23.9 Å². The molecule has 0 atom stereocenters. The Hall–Kier alpha value is -1.38. The van der Waals surface area contributed by atoms with Crippen molar-refractivity contribution in [3.63, 3.8) is 0 Å². The third-order valence-corrected chi connectivity index (χ3v) is 2.28. The molecule has 0 radical (unpaired) electrons. The fourth-order valence-electron chi connectivity index (χ4n) is 1.32. The summed E-state index contributed by atoms with van der Waals surface area (Å²) in [4.78, 5) is 4.30. The first-order chi connectivity index (χ1) is 5.70. The molecule has 0 saturated heterocycles. The summed E-state index contributed by atoms with van der Waals surface area (Å²) in [5, 5.41) is 5.30. The van der Waals surface area contributed by atoms with Gasteiger partial charge in [-0.3, -0.25) is 4.68 Å². The summed E-state index contributed by atoms with van der Waals surface area (Å²) < 4.78 is 1.79. The van der Waals surface area contributed by atoms with E-state index in [0.29, 0.717) is 0 Å². The standard InChI is InChI=1S/C9H11N3/c1-6-4-10-9-8(7(6)2)5-11-12(9)3/h4-5H,1-3H3. The molecule has 0 N–H and O–H groups in total. The lowest BCUT2D eigenvalue weighted by Crippen LogP contribution is -1.92. The summed E-state index contributed by atoms with van der Waals surface area (Å²) in [7, 11) is 1.91. The Morgan fingerprint density at radius 1 is 1.25 bits per heavy atom. The van der Waals surface area contributed by atoms with E-state index in [1.54, 1.807) is 4.68 Å². The maximum atomic E-state index is 4.30. The van der Waals surface area contributed by atoms with E-state index < -0.39 is 0 Å². The van der Waals surface area contributed by atoms with Crippen LogP contribution in [0.4, 0.5) is 0 Å². The Balaban J connectivity index is 2.93. The van der Waals surface area contributed by atoms with E-state index in [1.807, 2.05) is 19.4 Å². The van der Waals surface area contributed by atoms with E-state index in [1.165, 1.54) is 11.1 Å². The van der Waals surface area contributed by atoms with Crippen molar-refractivity contribution in [2.45, 2.75) is 13.8 Å². The van der Waals surface area contributed by atoms with Gasteiger partial charge in [0.1, 0.15) is 0 Å². The number of nitrogens with zero attached hydrogens (tertiary/aromatic N) is 3. The third-order valence-electron chi connectivity index (χ3n) is 2.28. The van der Waals surface area contributed by atoms with Gasteiger partial charge in [0, 0.05) is 18.6 Å². The first-order valence-electron chi connectivity index (χ1n) is 3.94. The van der Waals surface area contributed by atoms with Crippen molar-refractivity contribution in [2.24, 2.45) is 7.05 Å². The predicted molar refractivity (Wildman–Crippen MR) is 48.0 cm³/mol. The summed E-state index contributed by atoms with van der Waals surface area (Å²) in [6.45, 7) is 4.16. The molecule has 3 heteroatoms. The van der Waals surface area contributed by atoms with Crippen LogP contribution in [0.2, 0.25) is 0 Å². The lowest BCUT2D eigenvalue weighted by atomic mass is 10.1. The molecular formula is C9H11N3. The lowest BCUT2D eigenvalue weighted by Gasteiger charge is -1.99. The van der Waals surface area contributed by atoms with Crippen LogP contribution in [0.15, 0.2) is 12.4 Å². The molecule has 0 aliphatic heterocycles. The van der Waals surface area contributed by atoms with Crippen LogP contribution in [0.3, 0.4) is 0 Å². The molecule has 2 aromatic rings. The van der Waals surface area contributed by atoms with Crippen molar-refractivity contribution in [3.8, 4) is 0 Å². The van der Waals surface area contributed by atoms with Gasteiger partial charge in [-0.05, 0) is 25.0 Å². The van der Waals surface area contributed by atoms with Crippen LogP contribution >= 0.6 is 0 Å². The fourth-order valence-corrected chi connectivity index (χ4v) is 1.32. The molecule has 0 bridgehead atoms. The average Bonchev–Trinajstić information content (AvgIpc) is 2.41. The zero-order valence-electron chi connectivity index (χ0n) is 7.50. The molecule has 12 heavy (non-hydrogen) atoms. The zero-order valence-corrected chi connectivity index (χ0v) is 7.50. The molecular weight excluding hydrogens is 150 g/mol. The highest BCUT2D eigenvalue weighted by Gasteiger charge is 2.04. The van der Waals surface area contributed by atoms with Crippen LogP contribution in [0.1, 0.15) is 11.1 Å². The molecule has 0 amide bonds. The van der Waals surface area contributed by atoms with Gasteiger partial charge < -0.3 is 0 Å². The summed E-state index contributed by atoms with van der Waals surface area (Å²) >= 11 is 0. The molecule has 0 aromatic carbocycles. The largest absolute Gasteiger partial charge is 0.250 e. The Bertz CT molecular complexity index is 429. The van der Waals surface area contributed by atoms with Crippen molar-refractivity contribution >= 4 is 11.0 Å². The fraction of sp³-hybridized carbons (Fsp3) is 0.333. The number of aryl methyl sites for hydroxylation is 3. The van der Waals surface area contributed by atoms with E-state index in [9.17, 15) is 0 Å². The SMILES string of the molecule is Cc1cnc2c(cnn2C)c1C. The summed E-state index contributed by atoms with van der Waals surface area (Å²) in [6, 6.07) is 0. The zero-order chi connectivity index (χ0) is 8.72. The van der Waals surface area contributed by atoms with Crippen molar-refractivity contribution < 1.29 is 0 Å². The van der Waals surface area contributed by atoms with Crippen molar-refractivity contribution in [1.82, 2.24) is 14.8 Å². The molecule has 2 aromatic heterocycles. The van der Waals surface area contributed by atoms with Crippen LogP contribution in [-0.4, -0.2) is 14.8 Å². The number of pyridine rings is 1. The Kier molecular flexibility index (Phi) is 1.40. The third kappa shape index (κ3) is 0.826. The molecule has 2 rings (SSSR count). The van der Waals surface area contributed by atoms with Gasteiger partial charge in [-0.1, -0.05) is 0 Å². The molecule has 0 fully saturated rings. The van der Waals surface area contributed by atoms with E-state index in [4.69, 9.17) is 0 Å². The first-order valence-corrected chi connectivity index (χ1v) is 3.94. The molecule has 2 heterocycles. The summed E-state index contributed by atoms with van der Waals surface area (Å²) in [6.07, 6.45) is 3.75. The van der Waals surface area contributed by atoms with Crippen LogP contribution in [-0.2, 0) is 7.05 Å². The van der Waals surface area contributed by atoms with E-state index >= 15 is 0 Å². The van der Waals surface area contributed by atoms with E-state index in [-0.39, 0.29) is 0 Å². The van der Waals surface area contributed by atoms with Crippen LogP contribution < -0.4 is 0 Å². The van der Waals surface area contributed by atoms with Gasteiger partial charge in [-0.2, -0.15) is 5.10 Å². The van der Waals surface area contributed by atoms with Gasteiger partial charge in [0.15, 0.2) is 5.65 Å². The monoisotopic (exact) mass is 161 g/mol. The van der Waals surface area contributed by atoms with Gasteiger partial charge in [-0.25, -0.2) is 4.98 Å². The van der Waals surface area contributed by atoms with Crippen LogP contribution in [0, 0.1) is 13.8 Å². The highest BCUT2D eigenvalue weighted by atomic mass is 15.3. The molecule has 0 unspecified atom stereocenters. The summed E-state index contributed by atoms with van der Waals surface area (Å²) in [5.74, 6) is 0. The Labute approximate surface area is 71.0 Å². The smallest absolute Gasteiger partial charge is 0.157 e. The topological polar surface area (TPSA) is 30.7 Å². The van der Waals surface area contributed by atoms with E-state index in [0.717, 1.165) is 11.0 Å². The molecule has 3 nitrogen and oxygen atoms in total. The molecule has 0 aliphatic rings. The van der Waals surface area contributed by atoms with Gasteiger partial charge in [0.2, 0.25) is 0 Å². The van der Waals surface area contributed by atoms with Crippen molar-refractivity contribution in [1.29, 1.82) is 0 Å². The average molecular weight is 161 g/mol. The Morgan fingerprint density at radius 2 is 2.00 bits per heavy atom. The highest BCUT2D eigenvalue weighted by molar-refractivity contribution is 5.79. The van der Waals surface area contributed by atoms with Crippen molar-refractivity contribution in [3.05, 3.63) is 23.5 Å². The Morgan fingerprint density at radius 3 is 2.75 bits per heavy atom. The molecule has 62 valence electrons. The molecule has 0 aliphatic carbocycles. The first kappa shape index (κ1) is 7.28. The quantitative estimate of drug-likeness (QED) is 0.587.